The molecule has 1 amide bonds. The molecule has 0 aromatic rings. The van der Waals surface area contributed by atoms with Gasteiger partial charge in [-0.3, -0.25) is 0 Å². The average molecular weight is 228 g/mol. The van der Waals surface area contributed by atoms with Gasteiger partial charge in [-0.2, -0.15) is 10.1 Å². The first-order valence-corrected chi connectivity index (χ1v) is 5.54. The number of nitrogens with zero attached hydrogens (tertiary/aromatic N) is 2. The summed E-state index contributed by atoms with van der Waals surface area (Å²) in [6, 6.07) is 0. The van der Waals surface area contributed by atoms with Crippen LogP contribution in [0, 0.1) is 0 Å². The molecule has 1 rings (SSSR count). The van der Waals surface area contributed by atoms with Crippen LogP contribution in [0.3, 0.4) is 0 Å². The van der Waals surface area contributed by atoms with E-state index >= 15 is 0 Å². The van der Waals surface area contributed by atoms with Gasteiger partial charge < -0.3 is 9.84 Å². The van der Waals surface area contributed by atoms with E-state index in [-0.39, 0.29) is 6.10 Å². The molecular weight excluding hydrogens is 208 g/mol. The molecule has 16 heavy (non-hydrogen) atoms. The molecule has 1 fully saturated rings. The summed E-state index contributed by atoms with van der Waals surface area (Å²) in [5.74, 6) is 0. The molecule has 5 heteroatoms. The van der Waals surface area contributed by atoms with Gasteiger partial charge in [0.15, 0.2) is 0 Å². The van der Waals surface area contributed by atoms with Crippen molar-refractivity contribution in [3.8, 4) is 0 Å². The van der Waals surface area contributed by atoms with Crippen LogP contribution >= 0.6 is 0 Å². The molecule has 0 radical (unpaired) electrons. The fourth-order valence-corrected chi connectivity index (χ4v) is 1.55. The Bertz CT molecular complexity index is 294. The standard InChI is InChI=1S/C11H20N2O3/c1-8-9(6-5-7-16-8)12-13(10(14)15)11(2,3)4/h8H,5-7H2,1-4H3,(H,14,15)/b12-9+. The van der Waals surface area contributed by atoms with Crippen molar-refractivity contribution < 1.29 is 14.6 Å². The van der Waals surface area contributed by atoms with Crippen molar-refractivity contribution in [1.82, 2.24) is 5.01 Å². The van der Waals surface area contributed by atoms with E-state index in [1.807, 2.05) is 27.7 Å². The van der Waals surface area contributed by atoms with Crippen LogP contribution in [-0.2, 0) is 4.74 Å². The number of carboxylic acid groups (broad SMARTS) is 1. The monoisotopic (exact) mass is 228 g/mol. The minimum absolute atomic E-state index is 0.0852. The highest BCUT2D eigenvalue weighted by Crippen LogP contribution is 2.17. The largest absolute Gasteiger partial charge is 0.464 e. The molecule has 1 atom stereocenters. The lowest BCUT2D eigenvalue weighted by Gasteiger charge is -2.31. The molecule has 0 aliphatic carbocycles. The highest BCUT2D eigenvalue weighted by molar-refractivity contribution is 5.89. The Balaban J connectivity index is 2.88. The van der Waals surface area contributed by atoms with E-state index in [2.05, 4.69) is 5.10 Å². The molecule has 92 valence electrons. The Labute approximate surface area is 96.1 Å². The molecule has 0 saturated carbocycles. The first-order valence-electron chi connectivity index (χ1n) is 5.54. The first kappa shape index (κ1) is 13.0. The second-order valence-corrected chi connectivity index (χ2v) is 4.97. The van der Waals surface area contributed by atoms with Crippen LogP contribution in [-0.4, -0.2) is 40.2 Å². The van der Waals surface area contributed by atoms with E-state index in [4.69, 9.17) is 9.84 Å². The Hall–Kier alpha value is -1.10. The van der Waals surface area contributed by atoms with Gasteiger partial charge in [0.05, 0.1) is 17.4 Å². The summed E-state index contributed by atoms with van der Waals surface area (Å²) in [5.41, 5.74) is 0.277. The van der Waals surface area contributed by atoms with Crippen molar-refractivity contribution in [2.75, 3.05) is 6.61 Å². The van der Waals surface area contributed by atoms with Crippen molar-refractivity contribution in [1.29, 1.82) is 0 Å². The topological polar surface area (TPSA) is 62.1 Å². The zero-order valence-electron chi connectivity index (χ0n) is 10.4. The second-order valence-electron chi connectivity index (χ2n) is 4.97. The Morgan fingerprint density at radius 1 is 1.56 bits per heavy atom. The number of amides is 1. The first-order chi connectivity index (χ1) is 7.32. The quantitative estimate of drug-likeness (QED) is 0.700. The normalized spacial score (nSPS) is 24.5. The molecule has 1 N–H and O–H groups in total. The molecule has 1 heterocycles. The predicted molar refractivity (Wildman–Crippen MR) is 61.7 cm³/mol. The van der Waals surface area contributed by atoms with Crippen molar-refractivity contribution in [2.45, 2.75) is 52.2 Å². The molecule has 1 aliphatic heterocycles. The maximum atomic E-state index is 11.1. The summed E-state index contributed by atoms with van der Waals surface area (Å²) in [4.78, 5) is 11.1. The number of ether oxygens (including phenoxy) is 1. The molecule has 0 aromatic heterocycles. The van der Waals surface area contributed by atoms with Crippen molar-refractivity contribution in [3.63, 3.8) is 0 Å². The third-order valence-electron chi connectivity index (χ3n) is 2.46. The number of hydrogen-bond donors (Lipinski definition) is 1. The van der Waals surface area contributed by atoms with E-state index in [1.54, 1.807) is 0 Å². The number of carbonyl (C=O) groups is 1. The zero-order valence-corrected chi connectivity index (χ0v) is 10.4. The summed E-state index contributed by atoms with van der Waals surface area (Å²) < 4.78 is 5.43. The van der Waals surface area contributed by atoms with Gasteiger partial charge in [0.1, 0.15) is 0 Å². The van der Waals surface area contributed by atoms with Gasteiger partial charge in [-0.25, -0.2) is 4.79 Å². The molecule has 1 aliphatic rings. The lowest BCUT2D eigenvalue weighted by molar-refractivity contribution is 0.0814. The predicted octanol–water partition coefficient (Wildman–Crippen LogP) is 2.32. The van der Waals surface area contributed by atoms with E-state index < -0.39 is 11.6 Å². The van der Waals surface area contributed by atoms with Crippen molar-refractivity contribution >= 4 is 11.8 Å². The second kappa shape index (κ2) is 4.82. The molecule has 1 saturated heterocycles. The summed E-state index contributed by atoms with van der Waals surface area (Å²) in [6.07, 6.45) is 0.595. The lowest BCUT2D eigenvalue weighted by atomic mass is 10.1. The summed E-state index contributed by atoms with van der Waals surface area (Å²) in [6.45, 7) is 8.09. The van der Waals surface area contributed by atoms with Gasteiger partial charge in [0.25, 0.3) is 0 Å². The van der Waals surface area contributed by atoms with Crippen LogP contribution in [0.5, 0.6) is 0 Å². The number of hydrazone groups is 1. The molecule has 0 bridgehead atoms. The van der Waals surface area contributed by atoms with Gasteiger partial charge >= 0.3 is 6.09 Å². The van der Waals surface area contributed by atoms with E-state index in [0.29, 0.717) is 0 Å². The fraction of sp³-hybridized carbons (Fsp3) is 0.818. The van der Waals surface area contributed by atoms with Gasteiger partial charge in [-0.1, -0.05) is 0 Å². The van der Waals surface area contributed by atoms with Crippen LogP contribution in [0.25, 0.3) is 0 Å². The SMILES string of the molecule is CC1OCCC/C1=N\N(C(=O)O)C(C)(C)C. The van der Waals surface area contributed by atoms with E-state index in [9.17, 15) is 4.79 Å². The average Bonchev–Trinajstić information content (AvgIpc) is 2.14. The third-order valence-corrected chi connectivity index (χ3v) is 2.46. The fourth-order valence-electron chi connectivity index (χ4n) is 1.55. The van der Waals surface area contributed by atoms with Crippen LogP contribution in [0.1, 0.15) is 40.5 Å². The third kappa shape index (κ3) is 3.20. The van der Waals surface area contributed by atoms with E-state index in [1.165, 1.54) is 0 Å². The highest BCUT2D eigenvalue weighted by Gasteiger charge is 2.28. The summed E-state index contributed by atoms with van der Waals surface area (Å²) >= 11 is 0. The maximum Gasteiger partial charge on any atom is 0.428 e. The van der Waals surface area contributed by atoms with E-state index in [0.717, 1.165) is 30.2 Å². The Morgan fingerprint density at radius 2 is 2.19 bits per heavy atom. The van der Waals surface area contributed by atoms with Crippen LogP contribution in [0.4, 0.5) is 4.79 Å². The van der Waals surface area contributed by atoms with Crippen LogP contribution in [0.2, 0.25) is 0 Å². The minimum atomic E-state index is -1.03. The van der Waals surface area contributed by atoms with Gasteiger partial charge in [0, 0.05) is 6.61 Å². The van der Waals surface area contributed by atoms with Crippen LogP contribution < -0.4 is 0 Å². The molecular formula is C11H20N2O3. The van der Waals surface area contributed by atoms with Gasteiger partial charge in [-0.15, -0.1) is 0 Å². The van der Waals surface area contributed by atoms with Crippen molar-refractivity contribution in [2.24, 2.45) is 5.10 Å². The smallest absolute Gasteiger partial charge is 0.428 e. The molecule has 5 nitrogen and oxygen atoms in total. The highest BCUT2D eigenvalue weighted by atomic mass is 16.5. The molecule has 0 aromatic carbocycles. The summed E-state index contributed by atoms with van der Waals surface area (Å²) in [7, 11) is 0. The number of rotatable bonds is 1. The summed E-state index contributed by atoms with van der Waals surface area (Å²) in [5, 5.41) is 14.4. The molecule has 1 unspecified atom stereocenters. The number of hydrogen-bond acceptors (Lipinski definition) is 3. The van der Waals surface area contributed by atoms with Crippen LogP contribution in [0.15, 0.2) is 5.10 Å². The minimum Gasteiger partial charge on any atom is -0.464 e. The Morgan fingerprint density at radius 3 is 2.62 bits per heavy atom. The molecule has 0 spiro atoms. The lowest BCUT2D eigenvalue weighted by Crippen LogP contribution is -2.43. The zero-order chi connectivity index (χ0) is 12.3. The van der Waals surface area contributed by atoms with Gasteiger partial charge in [0.2, 0.25) is 0 Å². The Kier molecular flexibility index (Phi) is 3.91. The van der Waals surface area contributed by atoms with Crippen molar-refractivity contribution in [3.05, 3.63) is 0 Å². The maximum absolute atomic E-state index is 11.1. The van der Waals surface area contributed by atoms with Gasteiger partial charge in [-0.05, 0) is 40.5 Å².